The average molecular weight is 288 g/mol. The van der Waals surface area contributed by atoms with Gasteiger partial charge in [-0.3, -0.25) is 10.1 Å². The highest BCUT2D eigenvalue weighted by atomic mass is 16.5. The first kappa shape index (κ1) is 14.4. The van der Waals surface area contributed by atoms with E-state index in [0.717, 1.165) is 24.2 Å². The summed E-state index contributed by atoms with van der Waals surface area (Å²) < 4.78 is 5.65. The Labute approximate surface area is 126 Å². The van der Waals surface area contributed by atoms with E-state index < -0.39 is 0 Å². The van der Waals surface area contributed by atoms with E-state index in [2.05, 4.69) is 16.7 Å². The number of nitrogens with one attached hydrogen (secondary N) is 2. The van der Waals surface area contributed by atoms with E-state index in [-0.39, 0.29) is 18.0 Å². The predicted molar refractivity (Wildman–Crippen MR) is 82.3 cm³/mol. The van der Waals surface area contributed by atoms with Gasteiger partial charge in [0.2, 0.25) is 5.91 Å². The van der Waals surface area contributed by atoms with E-state index in [0.29, 0.717) is 12.6 Å². The number of fused-ring (bicyclic) bond motifs is 1. The van der Waals surface area contributed by atoms with Crippen LogP contribution in [0.15, 0.2) is 24.3 Å². The smallest absolute Gasteiger partial charge is 0.237 e. The van der Waals surface area contributed by atoms with Gasteiger partial charge in [-0.15, -0.1) is 0 Å². The third-order valence-corrected chi connectivity index (χ3v) is 4.50. The quantitative estimate of drug-likeness (QED) is 0.895. The lowest BCUT2D eigenvalue weighted by Gasteiger charge is -2.25. The SMILES string of the molecule is CC(NC1COc2ccccc21)C(=O)NC1CCCCC1. The molecule has 4 nitrogen and oxygen atoms in total. The molecule has 1 saturated carbocycles. The molecule has 2 atom stereocenters. The summed E-state index contributed by atoms with van der Waals surface area (Å²) in [5, 5.41) is 6.56. The van der Waals surface area contributed by atoms with Crippen LogP contribution >= 0.6 is 0 Å². The van der Waals surface area contributed by atoms with Crippen molar-refractivity contribution < 1.29 is 9.53 Å². The fraction of sp³-hybridized carbons (Fsp3) is 0.588. The van der Waals surface area contributed by atoms with Crippen LogP contribution in [0.1, 0.15) is 50.6 Å². The maximum atomic E-state index is 12.3. The zero-order valence-electron chi connectivity index (χ0n) is 12.6. The highest BCUT2D eigenvalue weighted by molar-refractivity contribution is 5.81. The van der Waals surface area contributed by atoms with Crippen LogP contribution in [0.5, 0.6) is 5.75 Å². The standard InChI is InChI=1S/C17H24N2O2/c1-12(17(20)19-13-7-3-2-4-8-13)18-15-11-21-16-10-6-5-9-14(15)16/h5-6,9-10,12-13,15,18H,2-4,7-8,11H2,1H3,(H,19,20). The Bertz CT molecular complexity index is 497. The van der Waals surface area contributed by atoms with Crippen molar-refractivity contribution in [1.29, 1.82) is 0 Å². The molecule has 4 heteroatoms. The summed E-state index contributed by atoms with van der Waals surface area (Å²) in [7, 11) is 0. The molecule has 0 spiro atoms. The number of para-hydroxylation sites is 1. The van der Waals surface area contributed by atoms with Crippen LogP contribution in [-0.2, 0) is 4.79 Å². The molecule has 2 unspecified atom stereocenters. The second kappa shape index (κ2) is 6.48. The Balaban J connectivity index is 1.54. The van der Waals surface area contributed by atoms with Crippen molar-refractivity contribution in [2.45, 2.75) is 57.2 Å². The molecule has 114 valence electrons. The van der Waals surface area contributed by atoms with E-state index in [1.165, 1.54) is 19.3 Å². The lowest BCUT2D eigenvalue weighted by Crippen LogP contribution is -2.47. The van der Waals surface area contributed by atoms with Gasteiger partial charge in [-0.2, -0.15) is 0 Å². The number of carbonyl (C=O) groups is 1. The topological polar surface area (TPSA) is 50.4 Å². The van der Waals surface area contributed by atoms with Crippen LogP contribution in [-0.4, -0.2) is 24.6 Å². The summed E-state index contributed by atoms with van der Waals surface area (Å²) in [6, 6.07) is 8.29. The predicted octanol–water partition coefficient (Wildman–Crippen LogP) is 2.55. The Kier molecular flexibility index (Phi) is 4.44. The second-order valence-corrected chi connectivity index (χ2v) is 6.13. The van der Waals surface area contributed by atoms with Crippen molar-refractivity contribution in [1.82, 2.24) is 10.6 Å². The Morgan fingerprint density at radius 3 is 2.81 bits per heavy atom. The average Bonchev–Trinajstić information content (AvgIpc) is 2.91. The van der Waals surface area contributed by atoms with E-state index in [1.807, 2.05) is 25.1 Å². The monoisotopic (exact) mass is 288 g/mol. The number of amides is 1. The first-order chi connectivity index (χ1) is 10.2. The Morgan fingerprint density at radius 2 is 2.00 bits per heavy atom. The van der Waals surface area contributed by atoms with Crippen molar-refractivity contribution in [3.63, 3.8) is 0 Å². The number of ether oxygens (including phenoxy) is 1. The first-order valence-corrected chi connectivity index (χ1v) is 8.02. The minimum absolute atomic E-state index is 0.103. The van der Waals surface area contributed by atoms with Crippen molar-refractivity contribution in [3.8, 4) is 5.75 Å². The molecule has 1 amide bonds. The van der Waals surface area contributed by atoms with Gasteiger partial charge in [-0.05, 0) is 25.8 Å². The van der Waals surface area contributed by atoms with Gasteiger partial charge in [0.05, 0.1) is 12.1 Å². The molecule has 0 saturated heterocycles. The Morgan fingerprint density at radius 1 is 1.24 bits per heavy atom. The highest BCUT2D eigenvalue weighted by Crippen LogP contribution is 2.31. The van der Waals surface area contributed by atoms with Gasteiger partial charge in [0.25, 0.3) is 0 Å². The third kappa shape index (κ3) is 3.38. The van der Waals surface area contributed by atoms with Gasteiger partial charge in [0.15, 0.2) is 0 Å². The normalized spacial score (nSPS) is 23.2. The largest absolute Gasteiger partial charge is 0.491 e. The number of rotatable bonds is 4. The lowest BCUT2D eigenvalue weighted by molar-refractivity contribution is -0.123. The lowest BCUT2D eigenvalue weighted by atomic mass is 9.95. The summed E-state index contributed by atoms with van der Waals surface area (Å²) >= 11 is 0. The number of hydrogen-bond donors (Lipinski definition) is 2. The Hall–Kier alpha value is -1.55. The molecular formula is C17H24N2O2. The van der Waals surface area contributed by atoms with Crippen molar-refractivity contribution >= 4 is 5.91 Å². The molecule has 0 bridgehead atoms. The molecule has 1 aliphatic carbocycles. The molecular weight excluding hydrogens is 264 g/mol. The van der Waals surface area contributed by atoms with Crippen LogP contribution in [0.25, 0.3) is 0 Å². The molecule has 0 radical (unpaired) electrons. The summed E-state index contributed by atoms with van der Waals surface area (Å²) in [5.41, 5.74) is 1.15. The second-order valence-electron chi connectivity index (χ2n) is 6.13. The summed E-state index contributed by atoms with van der Waals surface area (Å²) in [6.45, 7) is 2.53. The van der Waals surface area contributed by atoms with E-state index >= 15 is 0 Å². The van der Waals surface area contributed by atoms with Crippen molar-refractivity contribution in [3.05, 3.63) is 29.8 Å². The van der Waals surface area contributed by atoms with Gasteiger partial charge in [-0.25, -0.2) is 0 Å². The maximum Gasteiger partial charge on any atom is 0.237 e. The zero-order valence-corrected chi connectivity index (χ0v) is 12.6. The third-order valence-electron chi connectivity index (χ3n) is 4.50. The summed E-state index contributed by atoms with van der Waals surface area (Å²) in [5.74, 6) is 1.03. The van der Waals surface area contributed by atoms with Gasteiger partial charge in [0, 0.05) is 11.6 Å². The molecule has 0 aromatic heterocycles. The van der Waals surface area contributed by atoms with Crippen LogP contribution < -0.4 is 15.4 Å². The van der Waals surface area contributed by atoms with Crippen molar-refractivity contribution in [2.75, 3.05) is 6.61 Å². The molecule has 1 aromatic rings. The van der Waals surface area contributed by atoms with Crippen LogP contribution in [0.2, 0.25) is 0 Å². The zero-order chi connectivity index (χ0) is 14.7. The number of carbonyl (C=O) groups excluding carboxylic acids is 1. The molecule has 2 N–H and O–H groups in total. The van der Waals surface area contributed by atoms with Gasteiger partial charge in [-0.1, -0.05) is 37.5 Å². The van der Waals surface area contributed by atoms with Gasteiger partial charge in [0.1, 0.15) is 12.4 Å². The van der Waals surface area contributed by atoms with Crippen LogP contribution in [0, 0.1) is 0 Å². The molecule has 1 fully saturated rings. The van der Waals surface area contributed by atoms with Gasteiger partial charge < -0.3 is 10.1 Å². The fourth-order valence-corrected chi connectivity index (χ4v) is 3.25. The molecule has 1 heterocycles. The van der Waals surface area contributed by atoms with Crippen molar-refractivity contribution in [2.24, 2.45) is 0 Å². The maximum absolute atomic E-state index is 12.3. The molecule has 1 aromatic carbocycles. The van der Waals surface area contributed by atoms with Crippen LogP contribution in [0.3, 0.4) is 0 Å². The van der Waals surface area contributed by atoms with Crippen LogP contribution in [0.4, 0.5) is 0 Å². The number of benzene rings is 1. The summed E-state index contributed by atoms with van der Waals surface area (Å²) in [4.78, 5) is 12.3. The fourth-order valence-electron chi connectivity index (χ4n) is 3.25. The minimum Gasteiger partial charge on any atom is -0.491 e. The molecule has 21 heavy (non-hydrogen) atoms. The van der Waals surface area contributed by atoms with E-state index in [4.69, 9.17) is 4.74 Å². The van der Waals surface area contributed by atoms with E-state index in [1.54, 1.807) is 0 Å². The van der Waals surface area contributed by atoms with E-state index in [9.17, 15) is 4.79 Å². The molecule has 1 aliphatic heterocycles. The minimum atomic E-state index is -0.202. The first-order valence-electron chi connectivity index (χ1n) is 8.02. The molecule has 2 aliphatic rings. The number of hydrogen-bond acceptors (Lipinski definition) is 3. The molecule has 3 rings (SSSR count). The highest BCUT2D eigenvalue weighted by Gasteiger charge is 2.27. The summed E-state index contributed by atoms with van der Waals surface area (Å²) in [6.07, 6.45) is 6.01. The van der Waals surface area contributed by atoms with Gasteiger partial charge >= 0.3 is 0 Å².